The highest BCUT2D eigenvalue weighted by molar-refractivity contribution is 5.32. The SMILES string of the molecule is C=CC1CN(C(c2ccccc2)c2ccccc2)CCN1. The summed E-state index contributed by atoms with van der Waals surface area (Å²) in [5.74, 6) is 0. The van der Waals surface area contributed by atoms with Crippen molar-refractivity contribution < 1.29 is 0 Å². The summed E-state index contributed by atoms with van der Waals surface area (Å²) in [5, 5.41) is 3.50. The van der Waals surface area contributed by atoms with E-state index < -0.39 is 0 Å². The molecule has 1 unspecified atom stereocenters. The summed E-state index contributed by atoms with van der Waals surface area (Å²) >= 11 is 0. The van der Waals surface area contributed by atoms with Crippen molar-refractivity contribution >= 4 is 0 Å². The van der Waals surface area contributed by atoms with Gasteiger partial charge in [-0.25, -0.2) is 0 Å². The van der Waals surface area contributed by atoms with Crippen LogP contribution in [0.1, 0.15) is 17.2 Å². The van der Waals surface area contributed by atoms with E-state index in [9.17, 15) is 0 Å². The maximum absolute atomic E-state index is 3.93. The van der Waals surface area contributed by atoms with Gasteiger partial charge in [0, 0.05) is 25.7 Å². The van der Waals surface area contributed by atoms with Gasteiger partial charge in [-0.3, -0.25) is 4.90 Å². The van der Waals surface area contributed by atoms with Gasteiger partial charge < -0.3 is 5.32 Å². The van der Waals surface area contributed by atoms with Crippen LogP contribution in [0.5, 0.6) is 0 Å². The predicted octanol–water partition coefficient (Wildman–Crippen LogP) is 3.24. The van der Waals surface area contributed by atoms with Gasteiger partial charge in [-0.05, 0) is 11.1 Å². The van der Waals surface area contributed by atoms with Crippen LogP contribution in [0.15, 0.2) is 73.3 Å². The van der Waals surface area contributed by atoms with E-state index in [0.29, 0.717) is 12.1 Å². The Hall–Kier alpha value is -1.90. The van der Waals surface area contributed by atoms with Gasteiger partial charge in [0.15, 0.2) is 0 Å². The van der Waals surface area contributed by atoms with Crippen LogP contribution in [0.3, 0.4) is 0 Å². The van der Waals surface area contributed by atoms with E-state index in [2.05, 4.69) is 77.5 Å². The van der Waals surface area contributed by atoms with Crippen LogP contribution >= 0.6 is 0 Å². The third-order valence-corrected chi connectivity index (χ3v) is 4.12. The fourth-order valence-corrected chi connectivity index (χ4v) is 3.08. The number of rotatable bonds is 4. The predicted molar refractivity (Wildman–Crippen MR) is 88.3 cm³/mol. The minimum atomic E-state index is 0.317. The van der Waals surface area contributed by atoms with Crippen LogP contribution in [-0.2, 0) is 0 Å². The first-order valence-corrected chi connectivity index (χ1v) is 7.58. The number of hydrogen-bond donors (Lipinski definition) is 1. The summed E-state index contributed by atoms with van der Waals surface area (Å²) in [7, 11) is 0. The lowest BCUT2D eigenvalue weighted by molar-refractivity contribution is 0.178. The van der Waals surface area contributed by atoms with E-state index in [1.54, 1.807) is 0 Å². The Morgan fingerprint density at radius 1 is 1.00 bits per heavy atom. The first kappa shape index (κ1) is 14.1. The molecule has 0 radical (unpaired) electrons. The molecule has 1 atom stereocenters. The molecule has 1 aliphatic heterocycles. The van der Waals surface area contributed by atoms with Crippen molar-refractivity contribution in [1.29, 1.82) is 0 Å². The molecule has 1 N–H and O–H groups in total. The Balaban J connectivity index is 1.94. The second kappa shape index (κ2) is 6.70. The zero-order valence-corrected chi connectivity index (χ0v) is 12.3. The Kier molecular flexibility index (Phi) is 4.49. The van der Waals surface area contributed by atoms with Crippen LogP contribution in [0.2, 0.25) is 0 Å². The van der Waals surface area contributed by atoms with Crippen molar-refractivity contribution in [3.63, 3.8) is 0 Å². The molecule has 0 spiro atoms. The highest BCUT2D eigenvalue weighted by atomic mass is 15.2. The number of piperazine rings is 1. The standard InChI is InChI=1S/C19H22N2/c1-2-18-15-21(14-13-20-18)19(16-9-5-3-6-10-16)17-11-7-4-8-12-17/h2-12,18-20H,1,13-15H2. The molecule has 2 heteroatoms. The minimum absolute atomic E-state index is 0.317. The van der Waals surface area contributed by atoms with Crippen LogP contribution < -0.4 is 5.32 Å². The van der Waals surface area contributed by atoms with Gasteiger partial charge in [-0.2, -0.15) is 0 Å². The summed E-state index contributed by atoms with van der Waals surface area (Å²) in [4.78, 5) is 2.55. The van der Waals surface area contributed by atoms with Gasteiger partial charge in [0.25, 0.3) is 0 Å². The molecule has 1 fully saturated rings. The summed E-state index contributed by atoms with van der Waals surface area (Å²) in [5.41, 5.74) is 2.71. The molecule has 0 aromatic heterocycles. The highest BCUT2D eigenvalue weighted by Crippen LogP contribution is 2.29. The van der Waals surface area contributed by atoms with E-state index in [-0.39, 0.29) is 0 Å². The Morgan fingerprint density at radius 3 is 2.10 bits per heavy atom. The van der Waals surface area contributed by atoms with Gasteiger partial charge >= 0.3 is 0 Å². The van der Waals surface area contributed by atoms with Crippen LogP contribution in [0, 0.1) is 0 Å². The van der Waals surface area contributed by atoms with E-state index in [1.165, 1.54) is 11.1 Å². The monoisotopic (exact) mass is 278 g/mol. The average molecular weight is 278 g/mol. The lowest BCUT2D eigenvalue weighted by atomic mass is 9.96. The van der Waals surface area contributed by atoms with E-state index in [1.807, 2.05) is 6.08 Å². The topological polar surface area (TPSA) is 15.3 Å². The van der Waals surface area contributed by atoms with E-state index in [4.69, 9.17) is 0 Å². The van der Waals surface area contributed by atoms with Gasteiger partial charge in [0.1, 0.15) is 0 Å². The smallest absolute Gasteiger partial charge is 0.0602 e. The molecule has 1 aliphatic rings. The fraction of sp³-hybridized carbons (Fsp3) is 0.263. The summed E-state index contributed by atoms with van der Waals surface area (Å²) in [6, 6.07) is 22.2. The van der Waals surface area contributed by atoms with Gasteiger partial charge in [0.2, 0.25) is 0 Å². The maximum Gasteiger partial charge on any atom is 0.0602 e. The van der Waals surface area contributed by atoms with Gasteiger partial charge in [-0.15, -0.1) is 6.58 Å². The normalized spacial score (nSPS) is 19.6. The molecule has 21 heavy (non-hydrogen) atoms. The molecule has 2 aromatic carbocycles. The van der Waals surface area contributed by atoms with Crippen LogP contribution in [0.25, 0.3) is 0 Å². The molecule has 0 amide bonds. The Labute approximate surface area is 127 Å². The minimum Gasteiger partial charge on any atom is -0.308 e. The molecule has 0 bridgehead atoms. The molecule has 1 heterocycles. The molecule has 108 valence electrons. The third kappa shape index (κ3) is 3.23. The van der Waals surface area contributed by atoms with Crippen LogP contribution in [0.4, 0.5) is 0 Å². The van der Waals surface area contributed by atoms with Crippen molar-refractivity contribution in [2.75, 3.05) is 19.6 Å². The molecule has 0 aliphatic carbocycles. The number of hydrogen-bond acceptors (Lipinski definition) is 2. The molecule has 2 aromatic rings. The van der Waals surface area contributed by atoms with Gasteiger partial charge in [-0.1, -0.05) is 66.7 Å². The third-order valence-electron chi connectivity index (χ3n) is 4.12. The van der Waals surface area contributed by atoms with Crippen LogP contribution in [-0.4, -0.2) is 30.6 Å². The molecule has 0 saturated carbocycles. The fourth-order valence-electron chi connectivity index (χ4n) is 3.08. The second-order valence-electron chi connectivity index (χ2n) is 5.52. The molecule has 1 saturated heterocycles. The first-order chi connectivity index (χ1) is 10.4. The van der Waals surface area contributed by atoms with E-state index in [0.717, 1.165) is 19.6 Å². The zero-order valence-electron chi connectivity index (χ0n) is 12.3. The highest BCUT2D eigenvalue weighted by Gasteiger charge is 2.26. The number of benzene rings is 2. The van der Waals surface area contributed by atoms with Crippen molar-refractivity contribution in [2.24, 2.45) is 0 Å². The Bertz CT molecular complexity index is 525. The summed E-state index contributed by atoms with van der Waals surface area (Å²) < 4.78 is 0. The summed E-state index contributed by atoms with van der Waals surface area (Å²) in [6.07, 6.45) is 2.01. The number of nitrogens with one attached hydrogen (secondary N) is 1. The molecular weight excluding hydrogens is 256 g/mol. The van der Waals surface area contributed by atoms with Crippen molar-refractivity contribution in [1.82, 2.24) is 10.2 Å². The largest absolute Gasteiger partial charge is 0.308 e. The van der Waals surface area contributed by atoms with Crippen molar-refractivity contribution in [3.8, 4) is 0 Å². The molecule has 3 rings (SSSR count). The maximum atomic E-state index is 3.93. The number of nitrogens with zero attached hydrogens (tertiary/aromatic N) is 1. The lowest BCUT2D eigenvalue weighted by Gasteiger charge is -2.38. The summed E-state index contributed by atoms with van der Waals surface area (Å²) in [6.45, 7) is 6.99. The Morgan fingerprint density at radius 2 is 1.57 bits per heavy atom. The second-order valence-corrected chi connectivity index (χ2v) is 5.52. The van der Waals surface area contributed by atoms with Crippen molar-refractivity contribution in [3.05, 3.63) is 84.4 Å². The quantitative estimate of drug-likeness (QED) is 0.864. The molecule has 2 nitrogen and oxygen atoms in total. The van der Waals surface area contributed by atoms with Crippen molar-refractivity contribution in [2.45, 2.75) is 12.1 Å². The lowest BCUT2D eigenvalue weighted by Crippen LogP contribution is -2.50. The first-order valence-electron chi connectivity index (χ1n) is 7.58. The molecular formula is C19H22N2. The average Bonchev–Trinajstić information content (AvgIpc) is 2.57. The zero-order chi connectivity index (χ0) is 14.5. The van der Waals surface area contributed by atoms with Gasteiger partial charge in [0.05, 0.1) is 6.04 Å². The van der Waals surface area contributed by atoms with E-state index >= 15 is 0 Å².